The first kappa shape index (κ1) is 10.1. The van der Waals surface area contributed by atoms with Crippen LogP contribution >= 0.6 is 11.6 Å². The lowest BCUT2D eigenvalue weighted by molar-refractivity contribution is 0.629. The molecule has 0 amide bonds. The van der Waals surface area contributed by atoms with Gasteiger partial charge >= 0.3 is 0 Å². The van der Waals surface area contributed by atoms with Crippen molar-refractivity contribution in [3.63, 3.8) is 0 Å². The van der Waals surface area contributed by atoms with Crippen LogP contribution in [0.3, 0.4) is 0 Å². The maximum Gasteiger partial charge on any atom is 0.143 e. The third-order valence-electron chi connectivity index (χ3n) is 1.66. The first-order valence-corrected chi connectivity index (χ1v) is 4.51. The van der Waals surface area contributed by atoms with Gasteiger partial charge in [0, 0.05) is 12.6 Å². The Balaban J connectivity index is 2.88. The first-order valence-electron chi connectivity index (χ1n) is 4.13. The van der Waals surface area contributed by atoms with Gasteiger partial charge in [-0.1, -0.05) is 18.5 Å². The Hall–Kier alpha value is -0.960. The molecule has 0 aliphatic rings. The molecule has 13 heavy (non-hydrogen) atoms. The quantitative estimate of drug-likeness (QED) is 0.740. The highest BCUT2D eigenvalue weighted by molar-refractivity contribution is 6.31. The highest BCUT2D eigenvalue weighted by Gasteiger charge is 2.04. The molecule has 3 N–H and O–H groups in total. The Morgan fingerprint density at radius 3 is 2.85 bits per heavy atom. The largest absolute Gasteiger partial charge is 0.397 e. The summed E-state index contributed by atoms with van der Waals surface area (Å²) in [7, 11) is 0. The van der Waals surface area contributed by atoms with Gasteiger partial charge in [-0.3, -0.25) is 0 Å². The second-order valence-electron chi connectivity index (χ2n) is 2.78. The van der Waals surface area contributed by atoms with E-state index in [0.717, 1.165) is 13.0 Å². The molecule has 0 aromatic heterocycles. The Bertz CT molecular complexity index is 302. The SMILES string of the molecule is CCCNc1cc(F)c(Cl)cc1N. The molecule has 1 aromatic carbocycles. The van der Waals surface area contributed by atoms with E-state index in [-0.39, 0.29) is 5.02 Å². The molecule has 0 heterocycles. The summed E-state index contributed by atoms with van der Waals surface area (Å²) in [5.41, 5.74) is 6.69. The molecule has 72 valence electrons. The van der Waals surface area contributed by atoms with Crippen LogP contribution in [0, 0.1) is 5.82 Å². The van der Waals surface area contributed by atoms with E-state index >= 15 is 0 Å². The van der Waals surface area contributed by atoms with Gasteiger partial charge in [0.2, 0.25) is 0 Å². The average Bonchev–Trinajstić information content (AvgIpc) is 2.09. The van der Waals surface area contributed by atoms with E-state index in [2.05, 4.69) is 5.32 Å². The number of nitrogen functional groups attached to an aromatic ring is 1. The fraction of sp³-hybridized carbons (Fsp3) is 0.333. The summed E-state index contributed by atoms with van der Waals surface area (Å²) in [6, 6.07) is 2.72. The van der Waals surface area contributed by atoms with Crippen LogP contribution in [-0.2, 0) is 0 Å². The van der Waals surface area contributed by atoms with Crippen LogP contribution in [0.1, 0.15) is 13.3 Å². The van der Waals surface area contributed by atoms with E-state index in [4.69, 9.17) is 17.3 Å². The van der Waals surface area contributed by atoms with E-state index < -0.39 is 5.82 Å². The van der Waals surface area contributed by atoms with Crippen molar-refractivity contribution < 1.29 is 4.39 Å². The topological polar surface area (TPSA) is 38.0 Å². The van der Waals surface area contributed by atoms with Crippen molar-refractivity contribution in [2.75, 3.05) is 17.6 Å². The van der Waals surface area contributed by atoms with Crippen LogP contribution < -0.4 is 11.1 Å². The maximum atomic E-state index is 13.0. The van der Waals surface area contributed by atoms with Gasteiger partial charge in [0.25, 0.3) is 0 Å². The van der Waals surface area contributed by atoms with Crippen molar-refractivity contribution in [2.24, 2.45) is 0 Å². The smallest absolute Gasteiger partial charge is 0.143 e. The fourth-order valence-corrected chi connectivity index (χ4v) is 1.15. The zero-order valence-corrected chi connectivity index (χ0v) is 8.16. The van der Waals surface area contributed by atoms with Gasteiger partial charge in [-0.25, -0.2) is 4.39 Å². The fourth-order valence-electron chi connectivity index (χ4n) is 0.975. The molecule has 1 aromatic rings. The van der Waals surface area contributed by atoms with Crippen LogP contribution in [-0.4, -0.2) is 6.54 Å². The van der Waals surface area contributed by atoms with Crippen LogP contribution in [0.25, 0.3) is 0 Å². The summed E-state index contributed by atoms with van der Waals surface area (Å²) < 4.78 is 13.0. The Labute approximate surface area is 81.9 Å². The molecular weight excluding hydrogens is 191 g/mol. The minimum atomic E-state index is -0.450. The minimum Gasteiger partial charge on any atom is -0.397 e. The van der Waals surface area contributed by atoms with Crippen molar-refractivity contribution in [3.8, 4) is 0 Å². The number of nitrogens with two attached hydrogens (primary N) is 1. The monoisotopic (exact) mass is 202 g/mol. The van der Waals surface area contributed by atoms with E-state index in [1.54, 1.807) is 0 Å². The second-order valence-corrected chi connectivity index (χ2v) is 3.19. The number of hydrogen-bond donors (Lipinski definition) is 2. The van der Waals surface area contributed by atoms with E-state index in [1.165, 1.54) is 12.1 Å². The number of anilines is 2. The van der Waals surface area contributed by atoms with Gasteiger partial charge in [-0.2, -0.15) is 0 Å². The van der Waals surface area contributed by atoms with Crippen LogP contribution in [0.5, 0.6) is 0 Å². The van der Waals surface area contributed by atoms with Gasteiger partial charge in [0.15, 0.2) is 0 Å². The number of halogens is 2. The Morgan fingerprint density at radius 2 is 2.23 bits per heavy atom. The normalized spacial score (nSPS) is 10.1. The minimum absolute atomic E-state index is 0.0551. The lowest BCUT2D eigenvalue weighted by atomic mass is 10.2. The van der Waals surface area contributed by atoms with Crippen LogP contribution in [0.15, 0.2) is 12.1 Å². The van der Waals surface area contributed by atoms with Crippen LogP contribution in [0.2, 0.25) is 5.02 Å². The molecule has 0 spiro atoms. The highest BCUT2D eigenvalue weighted by atomic mass is 35.5. The molecule has 0 bridgehead atoms. The zero-order chi connectivity index (χ0) is 9.84. The average molecular weight is 203 g/mol. The summed E-state index contributed by atoms with van der Waals surface area (Å²) in [6.07, 6.45) is 0.962. The molecule has 2 nitrogen and oxygen atoms in total. The third kappa shape index (κ3) is 2.49. The van der Waals surface area contributed by atoms with E-state index in [1.807, 2.05) is 6.92 Å². The summed E-state index contributed by atoms with van der Waals surface area (Å²) in [6.45, 7) is 2.79. The van der Waals surface area contributed by atoms with Gasteiger partial charge in [-0.15, -0.1) is 0 Å². The molecule has 0 aliphatic carbocycles. The van der Waals surface area contributed by atoms with Crippen molar-refractivity contribution in [1.82, 2.24) is 0 Å². The Kier molecular flexibility index (Phi) is 3.37. The highest BCUT2D eigenvalue weighted by Crippen LogP contribution is 2.25. The summed E-state index contributed by atoms with van der Waals surface area (Å²) in [5, 5.41) is 3.06. The van der Waals surface area contributed by atoms with E-state index in [9.17, 15) is 4.39 Å². The maximum absolute atomic E-state index is 13.0. The molecular formula is C9H12ClFN2. The predicted molar refractivity (Wildman–Crippen MR) is 54.6 cm³/mol. The van der Waals surface area contributed by atoms with Gasteiger partial charge in [0.05, 0.1) is 16.4 Å². The van der Waals surface area contributed by atoms with Crippen molar-refractivity contribution in [2.45, 2.75) is 13.3 Å². The van der Waals surface area contributed by atoms with Crippen LogP contribution in [0.4, 0.5) is 15.8 Å². The number of rotatable bonds is 3. The molecule has 0 radical (unpaired) electrons. The van der Waals surface area contributed by atoms with Gasteiger partial charge in [0.1, 0.15) is 5.82 Å². The van der Waals surface area contributed by atoms with Gasteiger partial charge in [-0.05, 0) is 12.5 Å². The molecule has 4 heteroatoms. The molecule has 0 saturated heterocycles. The molecule has 1 rings (SSSR count). The summed E-state index contributed by atoms with van der Waals surface area (Å²) >= 11 is 5.54. The predicted octanol–water partition coefficient (Wildman–Crippen LogP) is 2.88. The van der Waals surface area contributed by atoms with Crippen molar-refractivity contribution in [3.05, 3.63) is 23.0 Å². The van der Waals surface area contributed by atoms with Crippen molar-refractivity contribution in [1.29, 1.82) is 0 Å². The summed E-state index contributed by atoms with van der Waals surface area (Å²) in [4.78, 5) is 0. The lowest BCUT2D eigenvalue weighted by Crippen LogP contribution is -2.03. The third-order valence-corrected chi connectivity index (χ3v) is 1.95. The molecule has 0 atom stereocenters. The standard InChI is InChI=1S/C9H12ClFN2/c1-2-3-13-9-5-7(11)6(10)4-8(9)12/h4-5,13H,2-3,12H2,1H3. The van der Waals surface area contributed by atoms with Gasteiger partial charge < -0.3 is 11.1 Å². The first-order chi connectivity index (χ1) is 6.15. The second kappa shape index (κ2) is 4.33. The molecule has 0 saturated carbocycles. The van der Waals surface area contributed by atoms with Crippen molar-refractivity contribution >= 4 is 23.0 Å². The molecule has 0 aliphatic heterocycles. The zero-order valence-electron chi connectivity index (χ0n) is 7.40. The Morgan fingerprint density at radius 1 is 1.54 bits per heavy atom. The molecule has 0 unspecified atom stereocenters. The van der Waals surface area contributed by atoms with E-state index in [0.29, 0.717) is 11.4 Å². The number of nitrogens with one attached hydrogen (secondary N) is 1. The number of benzene rings is 1. The lowest BCUT2D eigenvalue weighted by Gasteiger charge is -2.08. The molecule has 0 fully saturated rings. The summed E-state index contributed by atoms with van der Waals surface area (Å²) in [5.74, 6) is -0.450. The number of hydrogen-bond acceptors (Lipinski definition) is 2.